The summed E-state index contributed by atoms with van der Waals surface area (Å²) in [5.41, 5.74) is 19.5. The van der Waals surface area contributed by atoms with Gasteiger partial charge in [-0.2, -0.15) is 0 Å². The topological polar surface area (TPSA) is 154 Å². The summed E-state index contributed by atoms with van der Waals surface area (Å²) in [6.45, 7) is 56.9. The first-order valence-corrected chi connectivity index (χ1v) is 28.1. The van der Waals surface area contributed by atoms with E-state index in [0.717, 1.165) is 80.8 Å². The van der Waals surface area contributed by atoms with Gasteiger partial charge in [0.15, 0.2) is 11.8 Å². The number of aromatic nitrogens is 13. The largest absolute Gasteiger partial charge is 0.446 e. The average Bonchev–Trinajstić information content (AvgIpc) is 4.23. The van der Waals surface area contributed by atoms with Crippen LogP contribution in [0, 0.1) is 194 Å². The molecule has 0 saturated heterocycles. The first-order valence-electron chi connectivity index (χ1n) is 26.4. The second-order valence-corrected chi connectivity index (χ2v) is 22.8. The summed E-state index contributed by atoms with van der Waals surface area (Å²) in [7, 11) is 10.2. The van der Waals surface area contributed by atoms with Gasteiger partial charge in [0.1, 0.15) is 34.8 Å². The third kappa shape index (κ3) is 20.9. The lowest BCUT2D eigenvalue weighted by molar-refractivity contribution is 0.493. The summed E-state index contributed by atoms with van der Waals surface area (Å²) in [6.07, 6.45) is 0. The van der Waals surface area contributed by atoms with E-state index in [1.807, 2.05) is 153 Å². The molecule has 0 aliphatic carbocycles. The quantitative estimate of drug-likeness (QED) is 0.143. The zero-order valence-corrected chi connectivity index (χ0v) is 56.1. The van der Waals surface area contributed by atoms with Crippen LogP contribution in [0.4, 0.5) is 0 Å². The number of oxazole rings is 2. The molecule has 432 valence electrons. The number of hydrogen-bond donors (Lipinski definition) is 0. The molecular weight excluding hydrogens is 1010 g/mol. The highest BCUT2D eigenvalue weighted by molar-refractivity contribution is 7.11. The fraction of sp³-hybridized carbons (Fsp3) is 0.541. The first kappa shape index (κ1) is 69.8. The number of hydrogen-bond acceptors (Lipinski definition) is 12. The highest BCUT2D eigenvalue weighted by atomic mass is 32.1. The fourth-order valence-electron chi connectivity index (χ4n) is 7.37. The Bertz CT molecular complexity index is 2670. The van der Waals surface area contributed by atoms with Crippen molar-refractivity contribution in [3.63, 3.8) is 0 Å². The number of imidazole rings is 4. The van der Waals surface area contributed by atoms with E-state index in [1.165, 1.54) is 76.4 Å². The summed E-state index contributed by atoms with van der Waals surface area (Å²) in [5, 5.41) is 2.33. The third-order valence-corrected chi connectivity index (χ3v) is 16.5. The summed E-state index contributed by atoms with van der Waals surface area (Å²) < 4.78 is 20.8. The van der Waals surface area contributed by atoms with Crippen molar-refractivity contribution in [1.82, 2.24) is 62.7 Å². The van der Waals surface area contributed by atoms with Gasteiger partial charge in [0.2, 0.25) is 0 Å². The summed E-state index contributed by atoms with van der Waals surface area (Å²) >= 11 is 3.52. The lowest BCUT2D eigenvalue weighted by Gasteiger charge is -1.98. The standard InChI is InChI=1S/C9H15N.4C7H12N2.2C6H9NO.2C6H9NS/c1-6-7(2)9(4)10(5)8(6)3;4*1-5-6(2)9(4)7(3)8-5;4*1-4-5(2)8-6(3)7-4/h1-5H3;4*1-4H3;4*1-3H3. The molecule has 0 aliphatic heterocycles. The van der Waals surface area contributed by atoms with Crippen LogP contribution in [0.5, 0.6) is 0 Å². The Morgan fingerprint density at radius 2 is 0.487 bits per heavy atom. The highest BCUT2D eigenvalue weighted by Gasteiger charge is 2.07. The van der Waals surface area contributed by atoms with Crippen molar-refractivity contribution in [2.75, 3.05) is 0 Å². The lowest BCUT2D eigenvalue weighted by atomic mass is 10.2. The van der Waals surface area contributed by atoms with Crippen LogP contribution in [0.3, 0.4) is 0 Å². The molecule has 0 N–H and O–H groups in total. The Labute approximate surface area is 478 Å². The molecule has 0 unspecified atom stereocenters. The molecule has 0 atom stereocenters. The van der Waals surface area contributed by atoms with E-state index in [1.54, 1.807) is 22.7 Å². The van der Waals surface area contributed by atoms with Crippen LogP contribution in [0.15, 0.2) is 8.83 Å². The molecule has 78 heavy (non-hydrogen) atoms. The molecule has 0 aliphatic rings. The lowest BCUT2D eigenvalue weighted by Crippen LogP contribution is -1.92. The number of thiazole rings is 2. The molecule has 0 spiro atoms. The maximum absolute atomic E-state index is 5.10. The Morgan fingerprint density at radius 1 is 0.256 bits per heavy atom. The van der Waals surface area contributed by atoms with Gasteiger partial charge in [-0.15, -0.1) is 22.7 Å². The van der Waals surface area contributed by atoms with E-state index < -0.39 is 0 Å². The average molecular weight is 1110 g/mol. The van der Waals surface area contributed by atoms with Crippen LogP contribution in [0.25, 0.3) is 0 Å². The first-order chi connectivity index (χ1) is 35.9. The van der Waals surface area contributed by atoms with Crippen molar-refractivity contribution in [3.05, 3.63) is 157 Å². The van der Waals surface area contributed by atoms with Crippen molar-refractivity contribution in [3.8, 4) is 0 Å². The monoisotopic (exact) mass is 1110 g/mol. The molecule has 9 aromatic rings. The number of aryl methyl sites for hydroxylation is 20. The van der Waals surface area contributed by atoms with E-state index in [4.69, 9.17) is 8.83 Å². The van der Waals surface area contributed by atoms with Crippen molar-refractivity contribution in [2.45, 2.75) is 194 Å². The molecule has 0 aromatic carbocycles. The molecule has 9 rings (SSSR count). The van der Waals surface area contributed by atoms with Crippen molar-refractivity contribution in [1.29, 1.82) is 0 Å². The normalized spacial score (nSPS) is 10.1. The van der Waals surface area contributed by atoms with Gasteiger partial charge in [0, 0.05) is 93.0 Å². The Kier molecular flexibility index (Phi) is 28.1. The molecule has 0 fully saturated rings. The maximum Gasteiger partial charge on any atom is 0.191 e. The zero-order valence-electron chi connectivity index (χ0n) is 54.4. The van der Waals surface area contributed by atoms with Crippen LogP contribution < -0.4 is 0 Å². The van der Waals surface area contributed by atoms with Gasteiger partial charge in [-0.1, -0.05) is 0 Å². The smallest absolute Gasteiger partial charge is 0.191 e. The molecule has 9 aromatic heterocycles. The number of rotatable bonds is 0. The predicted molar refractivity (Wildman–Crippen MR) is 328 cm³/mol. The molecule has 0 amide bonds. The Balaban J connectivity index is 0.000000439. The highest BCUT2D eigenvalue weighted by Crippen LogP contribution is 2.19. The minimum atomic E-state index is 0.750. The molecule has 9 heterocycles. The third-order valence-electron chi connectivity index (χ3n) is 14.6. The van der Waals surface area contributed by atoms with Crippen LogP contribution >= 0.6 is 22.7 Å². The van der Waals surface area contributed by atoms with Gasteiger partial charge >= 0.3 is 0 Å². The Hall–Kier alpha value is -6.20. The van der Waals surface area contributed by atoms with Crippen LogP contribution in [-0.2, 0) is 35.2 Å². The van der Waals surface area contributed by atoms with E-state index in [-0.39, 0.29) is 0 Å². The van der Waals surface area contributed by atoms with Crippen molar-refractivity contribution >= 4 is 22.7 Å². The fourth-order valence-corrected chi connectivity index (χ4v) is 9.00. The van der Waals surface area contributed by atoms with Crippen LogP contribution in [0.2, 0.25) is 0 Å². The van der Waals surface area contributed by atoms with Gasteiger partial charge in [-0.25, -0.2) is 39.9 Å². The van der Waals surface area contributed by atoms with Gasteiger partial charge in [-0.3, -0.25) is 0 Å². The predicted octanol–water partition coefficient (Wildman–Crippen LogP) is 15.0. The van der Waals surface area contributed by atoms with E-state index in [2.05, 4.69) is 139 Å². The Morgan fingerprint density at radius 3 is 0.538 bits per heavy atom. The van der Waals surface area contributed by atoms with Gasteiger partial charge in [-0.05, 0) is 191 Å². The summed E-state index contributed by atoms with van der Waals surface area (Å²) in [5.74, 6) is 7.69. The second-order valence-electron chi connectivity index (χ2n) is 20.0. The second kappa shape index (κ2) is 31.4. The maximum atomic E-state index is 5.10. The van der Waals surface area contributed by atoms with Gasteiger partial charge in [0.05, 0.1) is 55.6 Å². The molecule has 0 saturated carbocycles. The van der Waals surface area contributed by atoms with Gasteiger partial charge < -0.3 is 31.7 Å². The van der Waals surface area contributed by atoms with E-state index in [0.29, 0.717) is 0 Å². The summed E-state index contributed by atoms with van der Waals surface area (Å²) in [6, 6.07) is 0. The zero-order chi connectivity index (χ0) is 60.5. The molecule has 15 nitrogen and oxygen atoms in total. The SMILES string of the molecule is Cc1c(C)c(C)n(C)c1C.Cc1nc(C)c(C)o1.Cc1nc(C)c(C)o1.Cc1nc(C)c(C)s1.Cc1nc(C)c(C)s1.Cc1nc(C)n(C)c1C.Cc1nc(C)n(C)c1C.Cc1nc(C)n(C)c1C.Cc1nc(C)n(C)c1C. The van der Waals surface area contributed by atoms with Crippen LogP contribution in [0.1, 0.15) is 157 Å². The minimum Gasteiger partial charge on any atom is -0.446 e. The number of nitrogens with zero attached hydrogens (tertiary/aromatic N) is 13. The molecule has 17 heteroatoms. The van der Waals surface area contributed by atoms with E-state index >= 15 is 0 Å². The van der Waals surface area contributed by atoms with Crippen molar-refractivity contribution < 1.29 is 8.83 Å². The minimum absolute atomic E-state index is 0.750. The molecular formula is C61H99N13O2S2. The summed E-state index contributed by atoms with van der Waals surface area (Å²) in [4.78, 5) is 36.3. The van der Waals surface area contributed by atoms with Crippen LogP contribution in [-0.4, -0.2) is 62.7 Å². The van der Waals surface area contributed by atoms with Gasteiger partial charge in [0.25, 0.3) is 0 Å². The van der Waals surface area contributed by atoms with E-state index in [9.17, 15) is 0 Å². The molecule has 0 radical (unpaired) electrons. The molecule has 0 bridgehead atoms. The van der Waals surface area contributed by atoms with Crippen molar-refractivity contribution in [2.24, 2.45) is 35.2 Å².